The van der Waals surface area contributed by atoms with Crippen LogP contribution >= 0.6 is 0 Å². The Bertz CT molecular complexity index is 982. The van der Waals surface area contributed by atoms with Crippen molar-refractivity contribution in [3.8, 4) is 11.4 Å². The van der Waals surface area contributed by atoms with E-state index < -0.39 is 10.0 Å². The van der Waals surface area contributed by atoms with E-state index in [1.54, 1.807) is 24.9 Å². The first kappa shape index (κ1) is 18.2. The van der Waals surface area contributed by atoms with Gasteiger partial charge < -0.3 is 4.74 Å². The van der Waals surface area contributed by atoms with Crippen LogP contribution in [0, 0.1) is 6.92 Å². The molecule has 0 atom stereocenters. The summed E-state index contributed by atoms with van der Waals surface area (Å²) in [6, 6.07) is 17.0. The molecule has 1 aromatic heterocycles. The number of methoxy groups -OCH3 is 1. The highest BCUT2D eigenvalue weighted by atomic mass is 32.2. The SMILES string of the molecule is COc1cccc(CCNS(=O)(=O)c2cn(-c3ccccc3)nc2C)c1. The largest absolute Gasteiger partial charge is 0.497 e. The van der Waals surface area contributed by atoms with Gasteiger partial charge in [0.05, 0.1) is 24.7 Å². The Balaban J connectivity index is 1.71. The number of aryl methyl sites for hydroxylation is 1. The van der Waals surface area contributed by atoms with Gasteiger partial charge in [-0.05, 0) is 43.2 Å². The van der Waals surface area contributed by atoms with Gasteiger partial charge in [-0.2, -0.15) is 5.10 Å². The maximum atomic E-state index is 12.6. The molecular formula is C19H21N3O3S. The Morgan fingerprint density at radius 3 is 2.62 bits per heavy atom. The van der Waals surface area contributed by atoms with Crippen LogP contribution in [0.5, 0.6) is 5.75 Å². The minimum Gasteiger partial charge on any atom is -0.497 e. The predicted molar refractivity (Wildman–Crippen MR) is 100 cm³/mol. The van der Waals surface area contributed by atoms with Crippen LogP contribution in [0.25, 0.3) is 5.69 Å². The normalized spacial score (nSPS) is 11.5. The maximum absolute atomic E-state index is 12.6. The van der Waals surface area contributed by atoms with E-state index in [0.29, 0.717) is 18.7 Å². The second kappa shape index (κ2) is 7.72. The lowest BCUT2D eigenvalue weighted by molar-refractivity contribution is 0.414. The van der Waals surface area contributed by atoms with Crippen LogP contribution in [-0.4, -0.2) is 31.9 Å². The Hall–Kier alpha value is -2.64. The lowest BCUT2D eigenvalue weighted by atomic mass is 10.1. The van der Waals surface area contributed by atoms with Gasteiger partial charge in [0.25, 0.3) is 0 Å². The lowest BCUT2D eigenvalue weighted by Gasteiger charge is -2.07. The molecule has 1 heterocycles. The molecule has 0 saturated carbocycles. The van der Waals surface area contributed by atoms with Crippen LogP contribution in [0.3, 0.4) is 0 Å². The number of hydrogen-bond donors (Lipinski definition) is 1. The maximum Gasteiger partial charge on any atom is 0.243 e. The van der Waals surface area contributed by atoms with E-state index in [0.717, 1.165) is 17.0 Å². The molecule has 6 nitrogen and oxygen atoms in total. The molecule has 0 radical (unpaired) electrons. The lowest BCUT2D eigenvalue weighted by Crippen LogP contribution is -2.26. The van der Waals surface area contributed by atoms with Crippen molar-refractivity contribution in [3.05, 3.63) is 72.1 Å². The van der Waals surface area contributed by atoms with Crippen molar-refractivity contribution < 1.29 is 13.2 Å². The van der Waals surface area contributed by atoms with E-state index in [-0.39, 0.29) is 4.90 Å². The predicted octanol–water partition coefficient (Wildman–Crippen LogP) is 2.71. The van der Waals surface area contributed by atoms with E-state index in [2.05, 4.69) is 9.82 Å². The van der Waals surface area contributed by atoms with E-state index >= 15 is 0 Å². The van der Waals surface area contributed by atoms with Crippen molar-refractivity contribution in [1.29, 1.82) is 0 Å². The number of rotatable bonds is 7. The quantitative estimate of drug-likeness (QED) is 0.693. The van der Waals surface area contributed by atoms with Gasteiger partial charge in [-0.3, -0.25) is 0 Å². The number of sulfonamides is 1. The summed E-state index contributed by atoms with van der Waals surface area (Å²) >= 11 is 0. The van der Waals surface area contributed by atoms with E-state index in [1.807, 2.05) is 54.6 Å². The van der Waals surface area contributed by atoms with Crippen LogP contribution < -0.4 is 9.46 Å². The van der Waals surface area contributed by atoms with Crippen LogP contribution in [0.1, 0.15) is 11.3 Å². The minimum atomic E-state index is -3.63. The molecule has 0 spiro atoms. The zero-order chi connectivity index (χ0) is 18.6. The second-order valence-electron chi connectivity index (χ2n) is 5.86. The fourth-order valence-corrected chi connectivity index (χ4v) is 3.85. The molecule has 1 N–H and O–H groups in total. The van der Waals surface area contributed by atoms with E-state index in [1.165, 1.54) is 0 Å². The van der Waals surface area contributed by atoms with Crippen molar-refractivity contribution in [2.75, 3.05) is 13.7 Å². The van der Waals surface area contributed by atoms with Gasteiger partial charge in [-0.25, -0.2) is 17.8 Å². The molecule has 3 aromatic rings. The highest BCUT2D eigenvalue weighted by molar-refractivity contribution is 7.89. The van der Waals surface area contributed by atoms with Gasteiger partial charge in [-0.15, -0.1) is 0 Å². The molecule has 0 unspecified atom stereocenters. The fourth-order valence-electron chi connectivity index (χ4n) is 2.66. The molecule has 0 fully saturated rings. The molecule has 0 aliphatic carbocycles. The molecule has 7 heteroatoms. The molecule has 0 bridgehead atoms. The number of para-hydroxylation sites is 1. The fraction of sp³-hybridized carbons (Fsp3) is 0.211. The number of nitrogens with one attached hydrogen (secondary N) is 1. The van der Waals surface area contributed by atoms with Crippen LogP contribution in [0.15, 0.2) is 65.7 Å². The van der Waals surface area contributed by atoms with Gasteiger partial charge in [-0.1, -0.05) is 30.3 Å². The Labute approximate surface area is 153 Å². The molecule has 26 heavy (non-hydrogen) atoms. The van der Waals surface area contributed by atoms with Crippen molar-refractivity contribution >= 4 is 10.0 Å². The summed E-state index contributed by atoms with van der Waals surface area (Å²) in [4.78, 5) is 0.187. The summed E-state index contributed by atoms with van der Waals surface area (Å²) < 4.78 is 34.6. The summed E-state index contributed by atoms with van der Waals surface area (Å²) in [5.74, 6) is 0.755. The van der Waals surface area contributed by atoms with Gasteiger partial charge >= 0.3 is 0 Å². The van der Waals surface area contributed by atoms with Crippen molar-refractivity contribution in [1.82, 2.24) is 14.5 Å². The summed E-state index contributed by atoms with van der Waals surface area (Å²) in [6.45, 7) is 1.99. The topological polar surface area (TPSA) is 73.2 Å². The minimum absolute atomic E-state index is 0.187. The molecule has 0 aliphatic rings. The third-order valence-electron chi connectivity index (χ3n) is 4.00. The monoisotopic (exact) mass is 371 g/mol. The number of hydrogen-bond acceptors (Lipinski definition) is 4. The highest BCUT2D eigenvalue weighted by Crippen LogP contribution is 2.17. The molecule has 136 valence electrons. The Morgan fingerprint density at radius 2 is 1.88 bits per heavy atom. The van der Waals surface area contributed by atoms with Crippen molar-refractivity contribution in [3.63, 3.8) is 0 Å². The van der Waals surface area contributed by atoms with Gasteiger partial charge in [0, 0.05) is 6.54 Å². The zero-order valence-corrected chi connectivity index (χ0v) is 15.5. The summed E-state index contributed by atoms with van der Waals surface area (Å²) in [6.07, 6.45) is 2.11. The summed E-state index contributed by atoms with van der Waals surface area (Å²) in [7, 11) is -2.02. The average Bonchev–Trinajstić information content (AvgIpc) is 3.05. The van der Waals surface area contributed by atoms with Crippen molar-refractivity contribution in [2.24, 2.45) is 0 Å². The summed E-state index contributed by atoms with van der Waals surface area (Å²) in [5.41, 5.74) is 2.28. The van der Waals surface area contributed by atoms with Gasteiger partial charge in [0.15, 0.2) is 0 Å². The van der Waals surface area contributed by atoms with E-state index in [9.17, 15) is 8.42 Å². The molecule has 2 aromatic carbocycles. The third kappa shape index (κ3) is 4.12. The number of benzene rings is 2. The van der Waals surface area contributed by atoms with Crippen LogP contribution in [-0.2, 0) is 16.4 Å². The van der Waals surface area contributed by atoms with Gasteiger partial charge in [0.2, 0.25) is 10.0 Å². The number of ether oxygens (including phenoxy) is 1. The molecule has 3 rings (SSSR count). The zero-order valence-electron chi connectivity index (χ0n) is 14.7. The molecule has 0 amide bonds. The van der Waals surface area contributed by atoms with E-state index in [4.69, 9.17) is 4.74 Å². The molecule has 0 saturated heterocycles. The van der Waals surface area contributed by atoms with Crippen LogP contribution in [0.4, 0.5) is 0 Å². The molecule has 0 aliphatic heterocycles. The second-order valence-corrected chi connectivity index (χ2v) is 7.59. The highest BCUT2D eigenvalue weighted by Gasteiger charge is 2.20. The first-order chi connectivity index (χ1) is 12.5. The van der Waals surface area contributed by atoms with Crippen molar-refractivity contribution in [2.45, 2.75) is 18.2 Å². The Kier molecular flexibility index (Phi) is 5.39. The Morgan fingerprint density at radius 1 is 1.12 bits per heavy atom. The average molecular weight is 371 g/mol. The van der Waals surface area contributed by atoms with Gasteiger partial charge in [0.1, 0.15) is 10.6 Å². The van der Waals surface area contributed by atoms with Crippen LogP contribution in [0.2, 0.25) is 0 Å². The standard InChI is InChI=1S/C19H21N3O3S/c1-15-19(14-22(21-15)17-8-4-3-5-9-17)26(23,24)20-12-11-16-7-6-10-18(13-16)25-2/h3-10,13-14,20H,11-12H2,1-2H3. The first-order valence-electron chi connectivity index (χ1n) is 8.24. The first-order valence-corrected chi connectivity index (χ1v) is 9.72. The smallest absolute Gasteiger partial charge is 0.243 e. The third-order valence-corrected chi connectivity index (χ3v) is 5.57. The molecular weight excluding hydrogens is 350 g/mol. The number of nitrogens with zero attached hydrogens (tertiary/aromatic N) is 2. The summed E-state index contributed by atoms with van der Waals surface area (Å²) in [5, 5.41) is 4.32. The number of aromatic nitrogens is 2.